The Labute approximate surface area is 61.2 Å². The fraction of sp³-hybridized carbons (Fsp3) is 0.667. The lowest BCUT2D eigenvalue weighted by molar-refractivity contribution is 0.404. The Morgan fingerprint density at radius 2 is 2.00 bits per heavy atom. The third kappa shape index (κ3) is 3.49. The first-order valence-corrected chi connectivity index (χ1v) is 4.30. The van der Waals surface area contributed by atoms with Gasteiger partial charge in [-0.15, -0.1) is 11.8 Å². The predicted octanol–water partition coefficient (Wildman–Crippen LogP) is 0.549. The van der Waals surface area contributed by atoms with Crippen molar-refractivity contribution in [2.45, 2.75) is 25.5 Å². The van der Waals surface area contributed by atoms with Gasteiger partial charge >= 0.3 is 0 Å². The van der Waals surface area contributed by atoms with E-state index in [4.69, 9.17) is 0 Å². The predicted molar refractivity (Wildman–Crippen MR) is 37.1 cm³/mol. The Bertz CT molecular complexity index is 242. The first-order chi connectivity index (χ1) is 4.48. The van der Waals surface area contributed by atoms with Crippen molar-refractivity contribution in [1.82, 2.24) is 0 Å². The van der Waals surface area contributed by atoms with Gasteiger partial charge in [0.15, 0.2) is 0 Å². The zero-order valence-electron chi connectivity index (χ0n) is 5.92. The molecule has 0 aromatic heterocycles. The summed E-state index contributed by atoms with van der Waals surface area (Å²) in [6.45, 7) is 2.96. The maximum absolute atomic E-state index is 10.2. The van der Waals surface area contributed by atoms with Crippen LogP contribution in [0.5, 0.6) is 0 Å². The Hall–Kier alpha value is -0.530. The van der Waals surface area contributed by atoms with Crippen LogP contribution in [0.1, 0.15) is 20.3 Å². The van der Waals surface area contributed by atoms with E-state index in [0.717, 1.165) is 0 Å². The van der Waals surface area contributed by atoms with Gasteiger partial charge in [-0.3, -0.25) is 0 Å². The smallest absolute Gasteiger partial charge is 0.197 e. The fourth-order valence-electron chi connectivity index (χ4n) is 0.348. The Kier molecular flexibility index (Phi) is 3.40. The molecule has 57 valence electrons. The first kappa shape index (κ1) is 9.47. The Balaban J connectivity index is 4.08. The molecule has 1 radical (unpaired) electrons. The highest BCUT2D eigenvalue weighted by atomic mass is 32.2. The molecule has 0 aliphatic carbocycles. The van der Waals surface area contributed by atoms with E-state index >= 15 is 0 Å². The Morgan fingerprint density at radius 1 is 1.50 bits per heavy atom. The molecule has 0 aliphatic rings. The third-order valence-corrected chi connectivity index (χ3v) is 2.21. The highest BCUT2D eigenvalue weighted by Crippen LogP contribution is 2.01. The molecule has 0 spiro atoms. The van der Waals surface area contributed by atoms with E-state index in [-0.39, 0.29) is 6.42 Å². The second kappa shape index (κ2) is 3.59. The summed E-state index contributed by atoms with van der Waals surface area (Å²) >= 11 is 0. The molecule has 1 atom stereocenters. The largest absolute Gasteiger partial charge is 0.298 e. The molecule has 4 heteroatoms. The standard InChI is InChI=1S/C6H9O3S/c1-3-4-5-6(2)10(7,8)9/h6H,5H2,1-2H3. The van der Waals surface area contributed by atoms with Crippen LogP contribution in [0.25, 0.3) is 0 Å². The van der Waals surface area contributed by atoms with Gasteiger partial charge in [-0.05, 0) is 13.8 Å². The molecule has 0 heterocycles. The fourth-order valence-corrected chi connectivity index (χ4v) is 0.635. The van der Waals surface area contributed by atoms with Crippen LogP contribution in [0, 0.1) is 11.8 Å². The first-order valence-electron chi connectivity index (χ1n) is 2.82. The molecule has 0 rings (SSSR count). The van der Waals surface area contributed by atoms with E-state index in [1.807, 2.05) is 0 Å². The molecule has 0 aromatic rings. The van der Waals surface area contributed by atoms with Crippen molar-refractivity contribution in [3.63, 3.8) is 0 Å². The van der Waals surface area contributed by atoms with Crippen molar-refractivity contribution in [2.24, 2.45) is 0 Å². The van der Waals surface area contributed by atoms with Gasteiger partial charge in [0, 0.05) is 6.42 Å². The summed E-state index contributed by atoms with van der Waals surface area (Å²) < 4.78 is 30.6. The molecule has 0 N–H and O–H groups in total. The van der Waals surface area contributed by atoms with Gasteiger partial charge < -0.3 is 0 Å². The van der Waals surface area contributed by atoms with E-state index < -0.39 is 15.4 Å². The van der Waals surface area contributed by atoms with E-state index in [9.17, 15) is 13.0 Å². The van der Waals surface area contributed by atoms with Crippen molar-refractivity contribution < 1.29 is 13.0 Å². The van der Waals surface area contributed by atoms with Crippen molar-refractivity contribution >= 4 is 10.1 Å². The van der Waals surface area contributed by atoms with E-state index in [1.54, 1.807) is 6.92 Å². The van der Waals surface area contributed by atoms with Gasteiger partial charge in [-0.1, -0.05) is 4.55 Å². The number of hydrogen-bond donors (Lipinski definition) is 0. The van der Waals surface area contributed by atoms with Crippen molar-refractivity contribution in [3.05, 3.63) is 0 Å². The quantitative estimate of drug-likeness (QED) is 0.555. The number of hydrogen-bond acceptors (Lipinski definition) is 2. The zero-order valence-corrected chi connectivity index (χ0v) is 6.73. The molecule has 3 nitrogen and oxygen atoms in total. The summed E-state index contributed by atoms with van der Waals surface area (Å²) in [5, 5.41) is -0.889. The average molecular weight is 161 g/mol. The Morgan fingerprint density at radius 3 is 2.30 bits per heavy atom. The van der Waals surface area contributed by atoms with Gasteiger partial charge in [0.2, 0.25) is 0 Å². The van der Waals surface area contributed by atoms with Gasteiger partial charge in [-0.25, -0.2) is 0 Å². The van der Waals surface area contributed by atoms with Crippen LogP contribution >= 0.6 is 0 Å². The second-order valence-electron chi connectivity index (χ2n) is 1.93. The lowest BCUT2D eigenvalue weighted by Gasteiger charge is -1.98. The molecule has 0 fully saturated rings. The summed E-state index contributed by atoms with van der Waals surface area (Å²) in [6.07, 6.45) is 0.127. The van der Waals surface area contributed by atoms with Gasteiger partial charge in [0.05, 0.1) is 5.25 Å². The lowest BCUT2D eigenvalue weighted by Crippen LogP contribution is -2.13. The van der Waals surface area contributed by atoms with Crippen molar-refractivity contribution in [2.75, 3.05) is 0 Å². The maximum atomic E-state index is 10.2. The van der Waals surface area contributed by atoms with Crippen molar-refractivity contribution in [1.29, 1.82) is 0 Å². The lowest BCUT2D eigenvalue weighted by atomic mass is 10.3. The van der Waals surface area contributed by atoms with Crippen LogP contribution in [0.3, 0.4) is 0 Å². The van der Waals surface area contributed by atoms with E-state index in [0.29, 0.717) is 0 Å². The highest BCUT2D eigenvalue weighted by molar-refractivity contribution is 7.86. The highest BCUT2D eigenvalue weighted by Gasteiger charge is 2.16. The second-order valence-corrected chi connectivity index (χ2v) is 3.72. The number of rotatable bonds is 2. The van der Waals surface area contributed by atoms with Crippen molar-refractivity contribution in [3.8, 4) is 11.8 Å². The molecule has 0 aromatic carbocycles. The van der Waals surface area contributed by atoms with E-state index in [1.165, 1.54) is 6.92 Å². The summed E-state index contributed by atoms with van der Waals surface area (Å²) in [4.78, 5) is 0. The molecular weight excluding hydrogens is 152 g/mol. The monoisotopic (exact) mass is 161 g/mol. The SMILES string of the molecule is CC#CCC(C)S([O])(=O)=O. The minimum absolute atomic E-state index is 0.127. The van der Waals surface area contributed by atoms with Crippen LogP contribution in [-0.4, -0.2) is 13.7 Å². The minimum atomic E-state index is -4.13. The summed E-state index contributed by atoms with van der Waals surface area (Å²) in [6, 6.07) is 0. The van der Waals surface area contributed by atoms with Crippen LogP contribution in [0.2, 0.25) is 0 Å². The summed E-state index contributed by atoms with van der Waals surface area (Å²) in [5.41, 5.74) is 0. The molecule has 0 saturated heterocycles. The van der Waals surface area contributed by atoms with Crippen LogP contribution in [0.4, 0.5) is 0 Å². The minimum Gasteiger partial charge on any atom is -0.197 e. The van der Waals surface area contributed by atoms with Gasteiger partial charge in [-0.2, -0.15) is 8.42 Å². The summed E-state index contributed by atoms with van der Waals surface area (Å²) in [5.74, 6) is 5.04. The molecule has 0 aliphatic heterocycles. The van der Waals surface area contributed by atoms with Gasteiger partial charge in [0.25, 0.3) is 10.1 Å². The third-order valence-electron chi connectivity index (χ3n) is 1.06. The molecule has 0 saturated carbocycles. The molecule has 0 bridgehead atoms. The zero-order chi connectivity index (χ0) is 8.20. The van der Waals surface area contributed by atoms with E-state index in [2.05, 4.69) is 11.8 Å². The molecular formula is C6H9O3S. The molecule has 1 unspecified atom stereocenters. The maximum Gasteiger partial charge on any atom is 0.298 e. The van der Waals surface area contributed by atoms with Gasteiger partial charge in [0.1, 0.15) is 0 Å². The van der Waals surface area contributed by atoms with Crippen LogP contribution in [0.15, 0.2) is 0 Å². The van der Waals surface area contributed by atoms with Crippen LogP contribution < -0.4 is 0 Å². The topological polar surface area (TPSA) is 54.0 Å². The van der Waals surface area contributed by atoms with Crippen LogP contribution in [-0.2, 0) is 14.7 Å². The summed E-state index contributed by atoms with van der Waals surface area (Å²) in [7, 11) is -4.13. The molecule has 10 heavy (non-hydrogen) atoms. The normalized spacial score (nSPS) is 13.5. The molecule has 0 amide bonds. The average Bonchev–Trinajstić information content (AvgIpc) is 1.80.